The number of nitrogens with one attached hydrogen (secondary N) is 2. The van der Waals surface area contributed by atoms with Crippen molar-refractivity contribution in [2.75, 3.05) is 17.6 Å². The summed E-state index contributed by atoms with van der Waals surface area (Å²) in [4.78, 5) is 16.0. The zero-order valence-corrected chi connectivity index (χ0v) is 12.0. The molecule has 0 aliphatic heterocycles. The number of hydrogen-bond donors (Lipinski definition) is 3. The summed E-state index contributed by atoms with van der Waals surface area (Å²) in [6.07, 6.45) is -5.29. The minimum atomic E-state index is -4.21. The normalized spacial score (nSPS) is 11.7. The lowest BCUT2D eigenvalue weighted by atomic mass is 10.3. The van der Waals surface area contributed by atoms with Crippen LogP contribution in [0, 0.1) is 0 Å². The van der Waals surface area contributed by atoms with Crippen LogP contribution in [0.4, 0.5) is 24.1 Å². The number of aromatic nitrogens is 1. The molecule has 0 saturated carbocycles. The Bertz CT molecular complexity index is 459. The minimum absolute atomic E-state index is 0.0530. The zero-order valence-electron chi connectivity index (χ0n) is 11.2. The van der Waals surface area contributed by atoms with Crippen LogP contribution in [0.1, 0.15) is 36.4 Å². The van der Waals surface area contributed by atoms with Crippen molar-refractivity contribution >= 4 is 28.2 Å². The minimum Gasteiger partial charge on any atom is -0.382 e. The Balaban J connectivity index is 2.49. The third kappa shape index (κ3) is 5.64. The number of halogens is 3. The van der Waals surface area contributed by atoms with Crippen LogP contribution in [0.2, 0.25) is 0 Å². The van der Waals surface area contributed by atoms with E-state index in [-0.39, 0.29) is 29.7 Å². The van der Waals surface area contributed by atoms with Gasteiger partial charge in [0.05, 0.1) is 0 Å². The summed E-state index contributed by atoms with van der Waals surface area (Å²) in [5, 5.41) is 5.92. The van der Waals surface area contributed by atoms with E-state index < -0.39 is 18.5 Å². The van der Waals surface area contributed by atoms with Gasteiger partial charge in [-0.05, 0) is 20.3 Å². The highest BCUT2D eigenvalue weighted by Crippen LogP contribution is 2.25. The first kappa shape index (κ1) is 16.5. The maximum absolute atomic E-state index is 11.9. The van der Waals surface area contributed by atoms with Gasteiger partial charge in [-0.1, -0.05) is 11.3 Å². The van der Waals surface area contributed by atoms with E-state index in [9.17, 15) is 18.0 Å². The predicted octanol–water partition coefficient (Wildman–Crippen LogP) is 2.62. The van der Waals surface area contributed by atoms with E-state index >= 15 is 0 Å². The average molecular weight is 310 g/mol. The molecule has 0 aliphatic carbocycles. The summed E-state index contributed by atoms with van der Waals surface area (Å²) >= 11 is 1.08. The van der Waals surface area contributed by atoms with E-state index in [2.05, 4.69) is 15.6 Å². The van der Waals surface area contributed by atoms with E-state index in [1.54, 1.807) is 0 Å². The molecule has 1 rings (SSSR count). The van der Waals surface area contributed by atoms with Crippen LogP contribution in [0.3, 0.4) is 0 Å². The van der Waals surface area contributed by atoms with Gasteiger partial charge in [-0.3, -0.25) is 4.79 Å². The fourth-order valence-corrected chi connectivity index (χ4v) is 2.32. The quantitative estimate of drug-likeness (QED) is 0.706. The molecule has 1 aromatic heterocycles. The van der Waals surface area contributed by atoms with Gasteiger partial charge in [-0.25, -0.2) is 4.98 Å². The SMILES string of the molecule is CC(C)Nc1nc(N)c(C(=O)NCCCC(F)(F)F)s1. The number of hydrogen-bond acceptors (Lipinski definition) is 5. The van der Waals surface area contributed by atoms with Crippen molar-refractivity contribution in [1.82, 2.24) is 10.3 Å². The number of amides is 1. The van der Waals surface area contributed by atoms with Gasteiger partial charge in [0.1, 0.15) is 10.7 Å². The average Bonchev–Trinajstić information content (AvgIpc) is 2.63. The second kappa shape index (κ2) is 6.78. The van der Waals surface area contributed by atoms with Gasteiger partial charge in [0.25, 0.3) is 5.91 Å². The van der Waals surface area contributed by atoms with E-state index in [1.165, 1.54) is 0 Å². The molecule has 5 nitrogen and oxygen atoms in total. The first-order valence-electron chi connectivity index (χ1n) is 6.07. The second-order valence-electron chi connectivity index (χ2n) is 4.51. The molecule has 0 radical (unpaired) electrons. The van der Waals surface area contributed by atoms with Gasteiger partial charge in [-0.2, -0.15) is 13.2 Å². The second-order valence-corrected chi connectivity index (χ2v) is 5.51. The zero-order chi connectivity index (χ0) is 15.3. The molecular formula is C11H17F3N4OS. The number of nitrogens with two attached hydrogens (primary N) is 1. The Morgan fingerprint density at radius 2 is 2.10 bits per heavy atom. The predicted molar refractivity (Wildman–Crippen MR) is 72.9 cm³/mol. The van der Waals surface area contributed by atoms with Crippen LogP contribution in [-0.2, 0) is 0 Å². The smallest absolute Gasteiger partial charge is 0.382 e. The van der Waals surface area contributed by atoms with Gasteiger partial charge in [0.15, 0.2) is 5.13 Å². The van der Waals surface area contributed by atoms with Gasteiger partial charge >= 0.3 is 6.18 Å². The van der Waals surface area contributed by atoms with Gasteiger partial charge in [0.2, 0.25) is 0 Å². The number of alkyl halides is 3. The molecule has 114 valence electrons. The van der Waals surface area contributed by atoms with Crippen LogP contribution >= 0.6 is 11.3 Å². The van der Waals surface area contributed by atoms with E-state index in [0.29, 0.717) is 5.13 Å². The molecule has 1 amide bonds. The Labute approximate surface area is 118 Å². The molecule has 0 aliphatic rings. The fourth-order valence-electron chi connectivity index (χ4n) is 1.37. The van der Waals surface area contributed by atoms with Crippen LogP contribution < -0.4 is 16.4 Å². The van der Waals surface area contributed by atoms with Crippen molar-refractivity contribution in [1.29, 1.82) is 0 Å². The van der Waals surface area contributed by atoms with Crippen molar-refractivity contribution < 1.29 is 18.0 Å². The van der Waals surface area contributed by atoms with Crippen LogP contribution in [0.5, 0.6) is 0 Å². The summed E-state index contributed by atoms with van der Waals surface area (Å²) in [7, 11) is 0. The van der Waals surface area contributed by atoms with Gasteiger partial charge in [0, 0.05) is 19.0 Å². The Hall–Kier alpha value is -1.51. The van der Waals surface area contributed by atoms with Crippen LogP contribution in [0.25, 0.3) is 0 Å². The van der Waals surface area contributed by atoms with Crippen molar-refractivity contribution in [3.63, 3.8) is 0 Å². The maximum atomic E-state index is 11.9. The number of nitrogen functional groups attached to an aromatic ring is 1. The molecule has 0 aromatic carbocycles. The molecule has 9 heteroatoms. The van der Waals surface area contributed by atoms with Crippen LogP contribution in [0.15, 0.2) is 0 Å². The first-order valence-corrected chi connectivity index (χ1v) is 6.88. The molecular weight excluding hydrogens is 293 g/mol. The number of anilines is 2. The molecule has 0 atom stereocenters. The van der Waals surface area contributed by atoms with Gasteiger partial charge in [-0.15, -0.1) is 0 Å². The maximum Gasteiger partial charge on any atom is 0.389 e. The number of thiazole rings is 1. The number of nitrogens with zero attached hydrogens (tertiary/aromatic N) is 1. The molecule has 1 heterocycles. The summed E-state index contributed by atoms with van der Waals surface area (Å²) < 4.78 is 35.8. The van der Waals surface area contributed by atoms with Crippen molar-refractivity contribution in [2.24, 2.45) is 0 Å². The Morgan fingerprint density at radius 1 is 1.45 bits per heavy atom. The summed E-state index contributed by atoms with van der Waals surface area (Å²) in [6.45, 7) is 3.77. The lowest BCUT2D eigenvalue weighted by molar-refractivity contribution is -0.135. The monoisotopic (exact) mass is 310 g/mol. The molecule has 0 spiro atoms. The largest absolute Gasteiger partial charge is 0.389 e. The molecule has 20 heavy (non-hydrogen) atoms. The summed E-state index contributed by atoms with van der Waals surface area (Å²) in [6, 6.07) is 0.142. The van der Waals surface area contributed by atoms with E-state index in [0.717, 1.165) is 11.3 Å². The number of rotatable bonds is 6. The fraction of sp³-hybridized carbons (Fsp3) is 0.636. The molecule has 0 unspecified atom stereocenters. The third-order valence-electron chi connectivity index (χ3n) is 2.19. The first-order chi connectivity index (χ1) is 9.19. The van der Waals surface area contributed by atoms with Crippen LogP contribution in [-0.4, -0.2) is 29.7 Å². The number of carbonyl (C=O) groups is 1. The molecule has 0 saturated heterocycles. The lowest BCUT2D eigenvalue weighted by Gasteiger charge is -2.06. The van der Waals surface area contributed by atoms with Crippen molar-refractivity contribution in [3.8, 4) is 0 Å². The van der Waals surface area contributed by atoms with Crippen molar-refractivity contribution in [2.45, 2.75) is 38.9 Å². The highest BCUT2D eigenvalue weighted by molar-refractivity contribution is 7.18. The summed E-state index contributed by atoms with van der Waals surface area (Å²) in [5.74, 6) is -0.426. The lowest BCUT2D eigenvalue weighted by Crippen LogP contribution is -2.25. The molecule has 0 bridgehead atoms. The van der Waals surface area contributed by atoms with Gasteiger partial charge < -0.3 is 16.4 Å². The Morgan fingerprint density at radius 3 is 2.65 bits per heavy atom. The van der Waals surface area contributed by atoms with E-state index in [4.69, 9.17) is 5.73 Å². The number of carbonyl (C=O) groups excluding carboxylic acids is 1. The Kier molecular flexibility index (Phi) is 5.61. The molecule has 1 aromatic rings. The van der Waals surface area contributed by atoms with Crippen molar-refractivity contribution in [3.05, 3.63) is 4.88 Å². The highest BCUT2D eigenvalue weighted by atomic mass is 32.1. The molecule has 0 fully saturated rings. The third-order valence-corrected chi connectivity index (χ3v) is 3.20. The van der Waals surface area contributed by atoms with E-state index in [1.807, 2.05) is 13.8 Å². The molecule has 4 N–H and O–H groups in total. The highest BCUT2D eigenvalue weighted by Gasteiger charge is 2.26. The summed E-state index contributed by atoms with van der Waals surface area (Å²) in [5.41, 5.74) is 5.61. The standard InChI is InChI=1S/C11H17F3N4OS/c1-6(2)17-10-18-8(15)7(20-10)9(19)16-5-3-4-11(12,13)14/h6H,3-5,15H2,1-2H3,(H,16,19)(H,17,18). The topological polar surface area (TPSA) is 80.0 Å².